The molecule has 0 aliphatic carbocycles. The number of halogens is 4. The summed E-state index contributed by atoms with van der Waals surface area (Å²) in [5.41, 5.74) is -1.65. The summed E-state index contributed by atoms with van der Waals surface area (Å²) in [6.45, 7) is 3.19. The fourth-order valence-corrected chi connectivity index (χ4v) is 2.97. The molecule has 0 aliphatic rings. The van der Waals surface area contributed by atoms with Crippen LogP contribution in [0.15, 0.2) is 24.3 Å². The molecule has 0 saturated carbocycles. The Kier molecular flexibility index (Phi) is 5.80. The lowest BCUT2D eigenvalue weighted by atomic mass is 10.1. The van der Waals surface area contributed by atoms with Gasteiger partial charge in [0.25, 0.3) is 0 Å². The number of aromatic nitrogens is 3. The second-order valence-electron chi connectivity index (χ2n) is 6.45. The number of benzene rings is 1. The molecule has 0 amide bonds. The van der Waals surface area contributed by atoms with Gasteiger partial charge in [-0.3, -0.25) is 0 Å². The van der Waals surface area contributed by atoms with Crippen molar-refractivity contribution in [2.75, 3.05) is 14.2 Å². The summed E-state index contributed by atoms with van der Waals surface area (Å²) >= 11 is 6.16. The van der Waals surface area contributed by atoms with Gasteiger partial charge in [-0.2, -0.15) is 18.3 Å². The van der Waals surface area contributed by atoms with E-state index in [-0.39, 0.29) is 16.4 Å². The van der Waals surface area contributed by atoms with Crippen LogP contribution in [-0.4, -0.2) is 40.9 Å². The van der Waals surface area contributed by atoms with E-state index >= 15 is 0 Å². The molecule has 0 fully saturated rings. The molecule has 0 bridgehead atoms. The number of hydrogen-bond acceptors (Lipinski definition) is 6. The zero-order valence-electron chi connectivity index (χ0n) is 16.4. The number of methoxy groups -OCH3 is 2. The van der Waals surface area contributed by atoms with Crippen LogP contribution in [0, 0.1) is 0 Å². The first-order valence-electron chi connectivity index (χ1n) is 8.66. The van der Waals surface area contributed by atoms with E-state index in [9.17, 15) is 18.0 Å². The van der Waals surface area contributed by atoms with E-state index in [0.29, 0.717) is 21.6 Å². The number of carbonyl (C=O) groups is 1. The Morgan fingerprint density at radius 1 is 1.13 bits per heavy atom. The maximum absolute atomic E-state index is 13.7. The van der Waals surface area contributed by atoms with E-state index in [0.717, 1.165) is 6.07 Å². The molecule has 3 aromatic rings. The molecule has 30 heavy (non-hydrogen) atoms. The fourth-order valence-electron chi connectivity index (χ4n) is 2.74. The maximum atomic E-state index is 13.7. The lowest BCUT2D eigenvalue weighted by Crippen LogP contribution is -2.15. The summed E-state index contributed by atoms with van der Waals surface area (Å²) in [7, 11) is 2.84. The highest BCUT2D eigenvalue weighted by atomic mass is 35.5. The summed E-state index contributed by atoms with van der Waals surface area (Å²) in [4.78, 5) is 16.4. The van der Waals surface area contributed by atoms with E-state index in [1.54, 1.807) is 13.8 Å². The third-order valence-corrected chi connectivity index (χ3v) is 4.39. The molecule has 0 spiro atoms. The third-order valence-electron chi connectivity index (χ3n) is 4.04. The second kappa shape index (κ2) is 8.02. The Labute approximate surface area is 174 Å². The summed E-state index contributed by atoms with van der Waals surface area (Å²) in [6.07, 6.45) is -5.29. The van der Waals surface area contributed by atoms with Crippen LogP contribution in [0.25, 0.3) is 16.9 Å². The molecule has 0 unspecified atom stereocenters. The number of fused-ring (bicyclic) bond motifs is 1. The van der Waals surface area contributed by atoms with Crippen molar-refractivity contribution >= 4 is 23.2 Å². The van der Waals surface area contributed by atoms with Gasteiger partial charge in [-0.25, -0.2) is 14.3 Å². The van der Waals surface area contributed by atoms with E-state index in [1.165, 1.54) is 32.4 Å². The van der Waals surface area contributed by atoms with Crippen LogP contribution in [0.2, 0.25) is 5.02 Å². The molecular formula is C19H17ClF3N3O4. The highest BCUT2D eigenvalue weighted by molar-refractivity contribution is 6.36. The third kappa shape index (κ3) is 4.00. The molecule has 0 aliphatic heterocycles. The van der Waals surface area contributed by atoms with E-state index < -0.39 is 29.6 Å². The van der Waals surface area contributed by atoms with Crippen LogP contribution < -0.4 is 9.47 Å². The van der Waals surface area contributed by atoms with Crippen molar-refractivity contribution in [2.24, 2.45) is 0 Å². The topological polar surface area (TPSA) is 75.0 Å². The van der Waals surface area contributed by atoms with Crippen LogP contribution in [0.4, 0.5) is 13.2 Å². The normalized spacial score (nSPS) is 11.8. The monoisotopic (exact) mass is 443 g/mol. The Morgan fingerprint density at radius 2 is 1.80 bits per heavy atom. The number of rotatable bonds is 5. The van der Waals surface area contributed by atoms with Gasteiger partial charge in [-0.05, 0) is 38.1 Å². The smallest absolute Gasteiger partial charge is 0.433 e. The molecular weight excluding hydrogens is 427 g/mol. The molecule has 11 heteroatoms. The first-order chi connectivity index (χ1) is 14.1. The van der Waals surface area contributed by atoms with Crippen LogP contribution in [0.1, 0.15) is 30.0 Å². The largest absolute Gasteiger partial charge is 0.493 e. The molecule has 3 rings (SSSR count). The van der Waals surface area contributed by atoms with Gasteiger partial charge in [0, 0.05) is 5.56 Å². The van der Waals surface area contributed by atoms with Gasteiger partial charge in [0.1, 0.15) is 5.02 Å². The average Bonchev–Trinajstić information content (AvgIpc) is 3.02. The summed E-state index contributed by atoms with van der Waals surface area (Å²) in [6, 6.07) is 5.36. The highest BCUT2D eigenvalue weighted by Crippen LogP contribution is 2.37. The van der Waals surface area contributed by atoms with Gasteiger partial charge in [-0.15, -0.1) is 0 Å². The Hall–Kier alpha value is -3.01. The first-order valence-corrected chi connectivity index (χ1v) is 9.04. The lowest BCUT2D eigenvalue weighted by Gasteiger charge is -2.12. The molecule has 160 valence electrons. The van der Waals surface area contributed by atoms with E-state index in [1.807, 2.05) is 0 Å². The number of carbonyl (C=O) groups excluding carboxylic acids is 1. The molecule has 0 N–H and O–H groups in total. The van der Waals surface area contributed by atoms with Gasteiger partial charge in [-0.1, -0.05) is 11.6 Å². The minimum Gasteiger partial charge on any atom is -0.493 e. The van der Waals surface area contributed by atoms with Crippen LogP contribution in [0.3, 0.4) is 0 Å². The van der Waals surface area contributed by atoms with Crippen LogP contribution >= 0.6 is 11.6 Å². The van der Waals surface area contributed by atoms with Gasteiger partial charge in [0.2, 0.25) is 0 Å². The summed E-state index contributed by atoms with van der Waals surface area (Å²) in [5, 5.41) is 3.37. The molecule has 2 heterocycles. The molecule has 7 nitrogen and oxygen atoms in total. The molecule has 0 saturated heterocycles. The molecule has 1 aromatic carbocycles. The van der Waals surface area contributed by atoms with Gasteiger partial charge < -0.3 is 14.2 Å². The first kappa shape index (κ1) is 21.7. The number of esters is 1. The average molecular weight is 444 g/mol. The van der Waals surface area contributed by atoms with Crippen LogP contribution in [0.5, 0.6) is 11.5 Å². The van der Waals surface area contributed by atoms with Crippen molar-refractivity contribution in [1.82, 2.24) is 14.6 Å². The SMILES string of the molecule is COc1ccc(-c2cc(C(F)(F)F)n3nc(C(=O)OC(C)C)c(Cl)c3n2)cc1OC. The van der Waals surface area contributed by atoms with Crippen LogP contribution in [-0.2, 0) is 10.9 Å². The van der Waals surface area contributed by atoms with Crippen molar-refractivity contribution in [3.8, 4) is 22.8 Å². The van der Waals surface area contributed by atoms with E-state index in [2.05, 4.69) is 10.1 Å². The van der Waals surface area contributed by atoms with Gasteiger partial charge >= 0.3 is 12.1 Å². The molecule has 2 aromatic heterocycles. The minimum atomic E-state index is -4.79. The second-order valence-corrected chi connectivity index (χ2v) is 6.82. The number of hydrogen-bond donors (Lipinski definition) is 0. The summed E-state index contributed by atoms with van der Waals surface area (Å²) < 4.78 is 57.0. The minimum absolute atomic E-state index is 0.0404. The summed E-state index contributed by atoms with van der Waals surface area (Å²) in [5.74, 6) is -0.230. The quantitative estimate of drug-likeness (QED) is 0.534. The Morgan fingerprint density at radius 3 is 2.37 bits per heavy atom. The van der Waals surface area contributed by atoms with Crippen molar-refractivity contribution in [3.05, 3.63) is 40.7 Å². The van der Waals surface area contributed by atoms with Crippen molar-refractivity contribution < 1.29 is 32.2 Å². The molecule has 0 atom stereocenters. The van der Waals surface area contributed by atoms with Gasteiger partial charge in [0.05, 0.1) is 26.0 Å². The van der Waals surface area contributed by atoms with Crippen molar-refractivity contribution in [2.45, 2.75) is 26.1 Å². The van der Waals surface area contributed by atoms with Crippen molar-refractivity contribution in [3.63, 3.8) is 0 Å². The van der Waals surface area contributed by atoms with Crippen molar-refractivity contribution in [1.29, 1.82) is 0 Å². The number of alkyl halides is 3. The standard InChI is InChI=1S/C19H17ClF3N3O4/c1-9(2)30-18(27)16-15(20)17-24-11(8-14(19(21,22)23)26(17)25-16)10-5-6-12(28-3)13(7-10)29-4/h5-9H,1-4H3. The molecule has 0 radical (unpaired) electrons. The predicted octanol–water partition coefficient (Wildman–Crippen LogP) is 4.65. The highest BCUT2D eigenvalue weighted by Gasteiger charge is 2.37. The predicted molar refractivity (Wildman–Crippen MR) is 102 cm³/mol. The van der Waals surface area contributed by atoms with Gasteiger partial charge in [0.15, 0.2) is 28.5 Å². The number of ether oxygens (including phenoxy) is 3. The van der Waals surface area contributed by atoms with E-state index in [4.69, 9.17) is 25.8 Å². The lowest BCUT2D eigenvalue weighted by molar-refractivity contribution is -0.142. The maximum Gasteiger partial charge on any atom is 0.433 e. The Balaban J connectivity index is 2.25. The Bertz CT molecular complexity index is 1110. The zero-order chi connectivity index (χ0) is 22.2. The number of nitrogens with zero attached hydrogens (tertiary/aromatic N) is 3. The fraction of sp³-hybridized carbons (Fsp3) is 0.316. The zero-order valence-corrected chi connectivity index (χ0v) is 17.1.